The molecule has 0 aromatic heterocycles. The van der Waals surface area contributed by atoms with Gasteiger partial charge in [-0.05, 0) is 25.3 Å². The molecule has 1 heterocycles. The summed E-state index contributed by atoms with van der Waals surface area (Å²) >= 11 is 0. The van der Waals surface area contributed by atoms with Crippen molar-refractivity contribution in [1.29, 1.82) is 0 Å². The highest BCUT2D eigenvalue weighted by Gasteiger charge is 2.14. The number of nitrogens with one attached hydrogen (secondary N) is 1. The Bertz CT molecular complexity index is 247. The summed E-state index contributed by atoms with van der Waals surface area (Å²) < 4.78 is 26.4. The smallest absolute Gasteiger partial charge is 0.210 e. The fraction of sp³-hybridized carbons (Fsp3) is 1.00. The maximum absolute atomic E-state index is 10.6. The Morgan fingerprint density at radius 1 is 1.43 bits per heavy atom. The number of ether oxygens (including phenoxy) is 1. The van der Waals surface area contributed by atoms with E-state index in [1.54, 1.807) is 0 Å². The van der Waals surface area contributed by atoms with Gasteiger partial charge in [0.05, 0.1) is 5.75 Å². The standard InChI is InChI=1S/C8H18N2O3S/c9-14(11,12)6-4-10-3-1-8-2-5-13-7-8/h8,10H,1-7H2,(H2,9,11,12). The Balaban J connectivity index is 1.94. The number of nitrogens with two attached hydrogens (primary N) is 1. The summed E-state index contributed by atoms with van der Waals surface area (Å²) in [5.41, 5.74) is 0. The molecule has 1 saturated heterocycles. The second-order valence-electron chi connectivity index (χ2n) is 3.64. The minimum Gasteiger partial charge on any atom is -0.381 e. The van der Waals surface area contributed by atoms with Crippen LogP contribution in [0.2, 0.25) is 0 Å². The zero-order valence-electron chi connectivity index (χ0n) is 8.24. The molecule has 6 heteroatoms. The van der Waals surface area contributed by atoms with Crippen LogP contribution >= 0.6 is 0 Å². The molecule has 0 saturated carbocycles. The van der Waals surface area contributed by atoms with Crippen molar-refractivity contribution in [3.63, 3.8) is 0 Å². The van der Waals surface area contributed by atoms with Gasteiger partial charge >= 0.3 is 0 Å². The SMILES string of the molecule is NS(=O)(=O)CCNCCC1CCOC1. The summed E-state index contributed by atoms with van der Waals surface area (Å²) in [5.74, 6) is 0.644. The van der Waals surface area contributed by atoms with Gasteiger partial charge in [-0.1, -0.05) is 0 Å². The van der Waals surface area contributed by atoms with Gasteiger partial charge in [0.1, 0.15) is 0 Å². The van der Waals surface area contributed by atoms with E-state index < -0.39 is 10.0 Å². The van der Waals surface area contributed by atoms with Crippen LogP contribution in [-0.4, -0.2) is 40.5 Å². The van der Waals surface area contributed by atoms with E-state index in [2.05, 4.69) is 5.32 Å². The highest BCUT2D eigenvalue weighted by molar-refractivity contribution is 7.89. The average molecular weight is 222 g/mol. The van der Waals surface area contributed by atoms with Crippen LogP contribution in [0.5, 0.6) is 0 Å². The molecule has 0 aromatic carbocycles. The number of hydrogen-bond acceptors (Lipinski definition) is 4. The lowest BCUT2D eigenvalue weighted by Gasteiger charge is -2.07. The summed E-state index contributed by atoms with van der Waals surface area (Å²) in [6.07, 6.45) is 2.17. The van der Waals surface area contributed by atoms with Gasteiger partial charge in [0.25, 0.3) is 0 Å². The second-order valence-corrected chi connectivity index (χ2v) is 5.37. The molecule has 0 radical (unpaired) electrons. The van der Waals surface area contributed by atoms with Gasteiger partial charge in [-0.15, -0.1) is 0 Å². The molecule has 1 aliphatic rings. The monoisotopic (exact) mass is 222 g/mol. The molecule has 1 unspecified atom stereocenters. The van der Waals surface area contributed by atoms with Crippen molar-refractivity contribution < 1.29 is 13.2 Å². The van der Waals surface area contributed by atoms with Crippen molar-refractivity contribution >= 4 is 10.0 Å². The van der Waals surface area contributed by atoms with Crippen molar-refractivity contribution in [3.8, 4) is 0 Å². The van der Waals surface area contributed by atoms with Crippen LogP contribution in [-0.2, 0) is 14.8 Å². The van der Waals surface area contributed by atoms with Crippen LogP contribution in [0.15, 0.2) is 0 Å². The van der Waals surface area contributed by atoms with Crippen LogP contribution in [0.3, 0.4) is 0 Å². The van der Waals surface area contributed by atoms with Gasteiger partial charge < -0.3 is 10.1 Å². The summed E-state index contributed by atoms with van der Waals surface area (Å²) in [5, 5.41) is 7.91. The first kappa shape index (κ1) is 11.9. The minimum absolute atomic E-state index is 0.00810. The third-order valence-corrected chi connectivity index (χ3v) is 3.09. The Morgan fingerprint density at radius 3 is 2.79 bits per heavy atom. The van der Waals surface area contributed by atoms with E-state index in [0.717, 1.165) is 32.6 Å². The topological polar surface area (TPSA) is 81.4 Å². The molecule has 0 aromatic rings. The molecular weight excluding hydrogens is 204 g/mol. The molecule has 0 amide bonds. The second kappa shape index (κ2) is 5.65. The molecule has 1 aliphatic heterocycles. The normalized spacial score (nSPS) is 22.8. The van der Waals surface area contributed by atoms with E-state index in [1.165, 1.54) is 0 Å². The fourth-order valence-corrected chi connectivity index (χ4v) is 1.89. The average Bonchev–Trinajstić information content (AvgIpc) is 2.54. The lowest BCUT2D eigenvalue weighted by Crippen LogP contribution is -2.28. The predicted molar refractivity (Wildman–Crippen MR) is 54.4 cm³/mol. The van der Waals surface area contributed by atoms with Gasteiger partial charge in [-0.25, -0.2) is 13.6 Å². The first-order chi connectivity index (χ1) is 6.58. The highest BCUT2D eigenvalue weighted by Crippen LogP contribution is 2.14. The molecule has 3 N–H and O–H groups in total. The van der Waals surface area contributed by atoms with E-state index in [9.17, 15) is 8.42 Å². The van der Waals surface area contributed by atoms with Gasteiger partial charge in [-0.2, -0.15) is 0 Å². The van der Waals surface area contributed by atoms with E-state index in [-0.39, 0.29) is 5.75 Å². The molecule has 84 valence electrons. The summed E-state index contributed by atoms with van der Waals surface area (Å²) in [7, 11) is -3.31. The highest BCUT2D eigenvalue weighted by atomic mass is 32.2. The molecule has 0 aliphatic carbocycles. The lowest BCUT2D eigenvalue weighted by atomic mass is 10.1. The molecule has 1 fully saturated rings. The van der Waals surface area contributed by atoms with Crippen molar-refractivity contribution in [2.24, 2.45) is 11.1 Å². The lowest BCUT2D eigenvalue weighted by molar-refractivity contribution is 0.184. The summed E-state index contributed by atoms with van der Waals surface area (Å²) in [6, 6.07) is 0. The molecular formula is C8H18N2O3S. The van der Waals surface area contributed by atoms with Crippen molar-refractivity contribution in [2.45, 2.75) is 12.8 Å². The first-order valence-corrected chi connectivity index (χ1v) is 6.58. The van der Waals surface area contributed by atoms with Crippen LogP contribution in [0.1, 0.15) is 12.8 Å². The first-order valence-electron chi connectivity index (χ1n) is 4.87. The van der Waals surface area contributed by atoms with Crippen LogP contribution in [0.4, 0.5) is 0 Å². The van der Waals surface area contributed by atoms with Crippen LogP contribution in [0, 0.1) is 5.92 Å². The Morgan fingerprint density at radius 2 is 2.21 bits per heavy atom. The Hall–Kier alpha value is -0.170. The van der Waals surface area contributed by atoms with E-state index in [0.29, 0.717) is 12.5 Å². The summed E-state index contributed by atoms with van der Waals surface area (Å²) in [6.45, 7) is 2.98. The largest absolute Gasteiger partial charge is 0.381 e. The molecule has 0 spiro atoms. The van der Waals surface area contributed by atoms with Gasteiger partial charge in [0.15, 0.2) is 0 Å². The maximum atomic E-state index is 10.6. The molecule has 1 atom stereocenters. The number of rotatable bonds is 6. The Labute approximate surface area is 85.1 Å². The zero-order chi connectivity index (χ0) is 10.4. The predicted octanol–water partition coefficient (Wildman–Crippen LogP) is -0.709. The third-order valence-electron chi connectivity index (χ3n) is 2.32. The van der Waals surface area contributed by atoms with Gasteiger partial charge in [-0.3, -0.25) is 0 Å². The molecule has 1 rings (SSSR count). The van der Waals surface area contributed by atoms with E-state index in [4.69, 9.17) is 9.88 Å². The molecule has 0 bridgehead atoms. The van der Waals surface area contributed by atoms with Crippen molar-refractivity contribution in [3.05, 3.63) is 0 Å². The van der Waals surface area contributed by atoms with Gasteiger partial charge in [0.2, 0.25) is 10.0 Å². The fourth-order valence-electron chi connectivity index (χ4n) is 1.46. The number of hydrogen-bond donors (Lipinski definition) is 2. The van der Waals surface area contributed by atoms with E-state index >= 15 is 0 Å². The Kier molecular flexibility index (Phi) is 4.80. The van der Waals surface area contributed by atoms with Crippen LogP contribution in [0.25, 0.3) is 0 Å². The van der Waals surface area contributed by atoms with E-state index in [1.807, 2.05) is 0 Å². The number of primary sulfonamides is 1. The third kappa shape index (κ3) is 5.54. The van der Waals surface area contributed by atoms with Crippen molar-refractivity contribution in [1.82, 2.24) is 5.32 Å². The van der Waals surface area contributed by atoms with Crippen molar-refractivity contribution in [2.75, 3.05) is 32.1 Å². The summed E-state index contributed by atoms with van der Waals surface area (Å²) in [4.78, 5) is 0. The number of sulfonamides is 1. The molecule has 5 nitrogen and oxygen atoms in total. The van der Waals surface area contributed by atoms with Gasteiger partial charge in [0, 0.05) is 19.8 Å². The molecule has 14 heavy (non-hydrogen) atoms. The van der Waals surface area contributed by atoms with Crippen LogP contribution < -0.4 is 10.5 Å². The quantitative estimate of drug-likeness (QED) is 0.582. The maximum Gasteiger partial charge on any atom is 0.210 e. The zero-order valence-corrected chi connectivity index (χ0v) is 9.05. The minimum atomic E-state index is -3.31.